The molecule has 0 saturated heterocycles. The molecule has 0 fully saturated rings. The van der Waals surface area contributed by atoms with Crippen LogP contribution >= 0.6 is 23.8 Å². The number of benzene rings is 1. The van der Waals surface area contributed by atoms with Gasteiger partial charge in [-0.3, -0.25) is 14.3 Å². The lowest BCUT2D eigenvalue weighted by atomic mass is 10.0. The van der Waals surface area contributed by atoms with Gasteiger partial charge in [0.15, 0.2) is 0 Å². The summed E-state index contributed by atoms with van der Waals surface area (Å²) in [6.07, 6.45) is 2.81. The van der Waals surface area contributed by atoms with Crippen molar-refractivity contribution in [3.63, 3.8) is 0 Å². The van der Waals surface area contributed by atoms with Crippen LogP contribution in [-0.2, 0) is 18.4 Å². The number of H-pyrrole nitrogens is 1. The van der Waals surface area contributed by atoms with Crippen molar-refractivity contribution in [1.82, 2.24) is 9.78 Å². The summed E-state index contributed by atoms with van der Waals surface area (Å²) in [6.45, 7) is 5.47. The lowest BCUT2D eigenvalue weighted by molar-refractivity contribution is 0.336. The third-order valence-corrected chi connectivity index (χ3v) is 4.79. The third kappa shape index (κ3) is 5.02. The molecule has 0 aliphatic heterocycles. The van der Waals surface area contributed by atoms with Gasteiger partial charge in [0.05, 0.1) is 12.2 Å². The van der Waals surface area contributed by atoms with E-state index >= 15 is 0 Å². The standard InChI is InChI=1S/C19H24ClFN2OS/c1-19(2,3)23-18(24)16(20)15(17(25)22-23)12-14-9-7-13(8-10-14)6-4-5-11-21/h7-10H,4-6,11-12H2,1-3H3,(H,22,25). The molecule has 0 bridgehead atoms. The van der Waals surface area contributed by atoms with Gasteiger partial charge >= 0.3 is 0 Å². The Morgan fingerprint density at radius 1 is 1.16 bits per heavy atom. The number of rotatable bonds is 6. The van der Waals surface area contributed by atoms with Crippen LogP contribution in [0.4, 0.5) is 4.39 Å². The fourth-order valence-electron chi connectivity index (χ4n) is 2.63. The summed E-state index contributed by atoms with van der Waals surface area (Å²) in [5, 5.41) is 3.16. The van der Waals surface area contributed by atoms with Crippen LogP contribution in [0.2, 0.25) is 5.02 Å². The highest BCUT2D eigenvalue weighted by molar-refractivity contribution is 7.71. The molecule has 0 atom stereocenters. The first-order chi connectivity index (χ1) is 11.7. The molecule has 1 aromatic heterocycles. The fraction of sp³-hybridized carbons (Fsp3) is 0.474. The van der Waals surface area contributed by atoms with Crippen molar-refractivity contribution < 1.29 is 4.39 Å². The Labute approximate surface area is 157 Å². The Hall–Kier alpha value is -1.46. The number of unbranched alkanes of at least 4 members (excludes halogenated alkanes) is 1. The van der Waals surface area contributed by atoms with Crippen LogP contribution in [0.5, 0.6) is 0 Å². The maximum absolute atomic E-state index is 12.5. The lowest BCUT2D eigenvalue weighted by Gasteiger charge is -2.23. The summed E-state index contributed by atoms with van der Waals surface area (Å²) in [5.74, 6) is 0. The molecule has 0 aliphatic carbocycles. The number of hydrogen-bond acceptors (Lipinski definition) is 2. The van der Waals surface area contributed by atoms with Gasteiger partial charge in [0.25, 0.3) is 5.56 Å². The smallest absolute Gasteiger partial charge is 0.284 e. The molecule has 0 amide bonds. The monoisotopic (exact) mass is 382 g/mol. The molecule has 0 spiro atoms. The number of aromatic nitrogens is 2. The zero-order valence-electron chi connectivity index (χ0n) is 14.9. The highest BCUT2D eigenvalue weighted by Gasteiger charge is 2.19. The van der Waals surface area contributed by atoms with Crippen LogP contribution in [-0.4, -0.2) is 16.5 Å². The maximum atomic E-state index is 12.5. The largest absolute Gasteiger partial charge is 0.285 e. The molecule has 3 nitrogen and oxygen atoms in total. The topological polar surface area (TPSA) is 37.8 Å². The van der Waals surface area contributed by atoms with Gasteiger partial charge in [-0.05, 0) is 51.2 Å². The van der Waals surface area contributed by atoms with Gasteiger partial charge in [0.2, 0.25) is 0 Å². The quantitative estimate of drug-likeness (QED) is 0.551. The number of alkyl halides is 1. The predicted molar refractivity (Wildman–Crippen MR) is 104 cm³/mol. The number of hydrogen-bond donors (Lipinski definition) is 1. The van der Waals surface area contributed by atoms with Gasteiger partial charge < -0.3 is 0 Å². The molecule has 0 radical (unpaired) electrons. The first-order valence-electron chi connectivity index (χ1n) is 8.42. The van der Waals surface area contributed by atoms with Crippen molar-refractivity contribution in [2.75, 3.05) is 6.67 Å². The third-order valence-electron chi connectivity index (χ3n) is 4.07. The van der Waals surface area contributed by atoms with Crippen molar-refractivity contribution in [2.24, 2.45) is 0 Å². The second kappa shape index (κ2) is 8.28. The minimum Gasteiger partial charge on any atom is -0.285 e. The summed E-state index contributed by atoms with van der Waals surface area (Å²) in [5.41, 5.74) is 2.17. The molecule has 6 heteroatoms. The Morgan fingerprint density at radius 2 is 1.76 bits per heavy atom. The van der Waals surface area contributed by atoms with Gasteiger partial charge in [-0.25, -0.2) is 4.68 Å². The summed E-state index contributed by atoms with van der Waals surface area (Å²) in [4.78, 5) is 12.5. The predicted octanol–water partition coefficient (Wildman–Crippen LogP) is 5.20. The van der Waals surface area contributed by atoms with E-state index < -0.39 is 5.54 Å². The molecule has 1 N–H and O–H groups in total. The first-order valence-corrected chi connectivity index (χ1v) is 9.20. The second-order valence-corrected chi connectivity index (χ2v) is 7.97. The molecule has 0 unspecified atom stereocenters. The molecular formula is C19H24ClFN2OS. The van der Waals surface area contributed by atoms with E-state index in [0.29, 0.717) is 23.0 Å². The van der Waals surface area contributed by atoms with E-state index in [9.17, 15) is 9.18 Å². The highest BCUT2D eigenvalue weighted by Crippen LogP contribution is 2.19. The number of aryl methyl sites for hydroxylation is 1. The van der Waals surface area contributed by atoms with E-state index in [0.717, 1.165) is 18.4 Å². The van der Waals surface area contributed by atoms with Crippen LogP contribution in [0, 0.1) is 4.64 Å². The summed E-state index contributed by atoms with van der Waals surface area (Å²) in [7, 11) is 0. The molecule has 0 aliphatic rings. The average Bonchev–Trinajstić information content (AvgIpc) is 2.55. The van der Waals surface area contributed by atoms with Gasteiger partial charge in [-0.15, -0.1) is 0 Å². The number of nitrogens with zero attached hydrogens (tertiary/aromatic N) is 1. The number of aromatic amines is 1. The Bertz CT molecular complexity index is 834. The highest BCUT2D eigenvalue weighted by atomic mass is 35.5. The number of nitrogens with one attached hydrogen (secondary N) is 1. The molecule has 0 saturated carbocycles. The molecule has 2 rings (SSSR count). The summed E-state index contributed by atoms with van der Waals surface area (Å²) in [6, 6.07) is 8.07. The van der Waals surface area contributed by atoms with Gasteiger partial charge in [0.1, 0.15) is 9.66 Å². The normalized spacial score (nSPS) is 11.7. The van der Waals surface area contributed by atoms with Crippen molar-refractivity contribution in [3.05, 3.63) is 61.0 Å². The van der Waals surface area contributed by atoms with Crippen LogP contribution in [0.25, 0.3) is 0 Å². The average molecular weight is 383 g/mol. The first kappa shape index (κ1) is 19.9. The van der Waals surface area contributed by atoms with Crippen molar-refractivity contribution in [2.45, 2.75) is 52.0 Å². The summed E-state index contributed by atoms with van der Waals surface area (Å²) >= 11 is 11.7. The zero-order valence-corrected chi connectivity index (χ0v) is 16.4. The van der Waals surface area contributed by atoms with Crippen molar-refractivity contribution in [1.29, 1.82) is 0 Å². The van der Waals surface area contributed by atoms with Gasteiger partial charge in [0, 0.05) is 12.0 Å². The minimum atomic E-state index is -0.423. The SMILES string of the molecule is CC(C)(C)n1[nH]c(=S)c(Cc2ccc(CCCCF)cc2)c(Cl)c1=O. The summed E-state index contributed by atoms with van der Waals surface area (Å²) < 4.78 is 14.1. The zero-order chi connectivity index (χ0) is 18.6. The van der Waals surface area contributed by atoms with Gasteiger partial charge in [-0.1, -0.05) is 48.1 Å². The maximum Gasteiger partial charge on any atom is 0.284 e. The molecule has 136 valence electrons. The van der Waals surface area contributed by atoms with E-state index in [1.54, 1.807) is 0 Å². The Kier molecular flexibility index (Phi) is 6.58. The molecule has 1 aromatic carbocycles. The number of halogens is 2. The van der Waals surface area contributed by atoms with E-state index in [4.69, 9.17) is 23.8 Å². The van der Waals surface area contributed by atoms with Crippen molar-refractivity contribution >= 4 is 23.8 Å². The van der Waals surface area contributed by atoms with Crippen LogP contribution in [0.3, 0.4) is 0 Å². The fourth-order valence-corrected chi connectivity index (χ4v) is 3.20. The van der Waals surface area contributed by atoms with Crippen LogP contribution < -0.4 is 5.56 Å². The van der Waals surface area contributed by atoms with Crippen LogP contribution in [0.15, 0.2) is 29.1 Å². The molecule has 25 heavy (non-hydrogen) atoms. The van der Waals surface area contributed by atoms with E-state index in [2.05, 4.69) is 5.10 Å². The lowest BCUT2D eigenvalue weighted by Crippen LogP contribution is -2.37. The van der Waals surface area contributed by atoms with Crippen molar-refractivity contribution in [3.8, 4) is 0 Å². The van der Waals surface area contributed by atoms with E-state index in [1.807, 2.05) is 45.0 Å². The second-order valence-electron chi connectivity index (χ2n) is 7.18. The molecule has 1 heterocycles. The van der Waals surface area contributed by atoms with E-state index in [1.165, 1.54) is 10.2 Å². The molecular weight excluding hydrogens is 359 g/mol. The molecule has 2 aromatic rings. The van der Waals surface area contributed by atoms with Crippen LogP contribution in [0.1, 0.15) is 50.3 Å². The Morgan fingerprint density at radius 3 is 2.32 bits per heavy atom. The minimum absolute atomic E-state index is 0.172. The van der Waals surface area contributed by atoms with E-state index in [-0.39, 0.29) is 17.3 Å². The Balaban J connectivity index is 2.25. The van der Waals surface area contributed by atoms with Gasteiger partial charge in [-0.2, -0.15) is 0 Å².